The average molecular weight is 251 g/mol. The van der Waals surface area contributed by atoms with Gasteiger partial charge in [-0.05, 0) is 16.7 Å². The molecule has 0 saturated carbocycles. The van der Waals surface area contributed by atoms with Gasteiger partial charge in [0.05, 0.1) is 5.38 Å². The molecule has 0 aliphatic carbocycles. The molecule has 2 aromatic rings. The van der Waals surface area contributed by atoms with Crippen molar-refractivity contribution in [3.05, 3.63) is 60.2 Å². The molecule has 0 radical (unpaired) electrons. The van der Waals surface area contributed by atoms with Gasteiger partial charge in [0.2, 0.25) is 0 Å². The Labute approximate surface area is 106 Å². The summed E-state index contributed by atoms with van der Waals surface area (Å²) < 4.78 is 0. The van der Waals surface area contributed by atoms with Crippen LogP contribution in [0.15, 0.2) is 54.6 Å². The number of hydrogen-bond acceptors (Lipinski definition) is 0. The van der Waals surface area contributed by atoms with Gasteiger partial charge in [-0.15, -0.1) is 23.2 Å². The molecule has 0 aliphatic rings. The third-order valence-electron chi connectivity index (χ3n) is 2.52. The first-order chi connectivity index (χ1) is 7.83. The fourth-order valence-corrected chi connectivity index (χ4v) is 2.09. The van der Waals surface area contributed by atoms with E-state index < -0.39 is 0 Å². The largest absolute Gasteiger partial charge is 0.125 e. The van der Waals surface area contributed by atoms with Gasteiger partial charge in [-0.3, -0.25) is 0 Å². The lowest BCUT2D eigenvalue weighted by Crippen LogP contribution is -1.94. The number of halogens is 2. The van der Waals surface area contributed by atoms with E-state index in [1.54, 1.807) is 0 Å². The highest BCUT2D eigenvalue weighted by Crippen LogP contribution is 2.31. The Bertz CT molecular complexity index is 451. The van der Waals surface area contributed by atoms with Crippen LogP contribution >= 0.6 is 23.2 Å². The number of hydrogen-bond donors (Lipinski definition) is 0. The van der Waals surface area contributed by atoms with Gasteiger partial charge in [-0.2, -0.15) is 0 Å². The Morgan fingerprint density at radius 2 is 1.50 bits per heavy atom. The Balaban J connectivity index is 2.49. The zero-order valence-corrected chi connectivity index (χ0v) is 10.2. The third-order valence-corrected chi connectivity index (χ3v) is 3.37. The lowest BCUT2D eigenvalue weighted by molar-refractivity contribution is 1.10. The monoisotopic (exact) mass is 250 g/mol. The molecule has 0 bridgehead atoms. The molecule has 0 amide bonds. The quantitative estimate of drug-likeness (QED) is 0.682. The molecule has 1 unspecified atom stereocenters. The van der Waals surface area contributed by atoms with E-state index in [1.165, 1.54) is 5.56 Å². The van der Waals surface area contributed by atoms with E-state index in [-0.39, 0.29) is 5.38 Å². The van der Waals surface area contributed by atoms with Crippen LogP contribution < -0.4 is 0 Å². The van der Waals surface area contributed by atoms with Crippen LogP contribution in [0.5, 0.6) is 0 Å². The summed E-state index contributed by atoms with van der Waals surface area (Å²) in [7, 11) is 0. The molecule has 1 atom stereocenters. The molecule has 0 fully saturated rings. The Kier molecular flexibility index (Phi) is 3.87. The minimum atomic E-state index is -0.141. The van der Waals surface area contributed by atoms with E-state index in [0.717, 1.165) is 11.1 Å². The minimum absolute atomic E-state index is 0.141. The maximum atomic E-state index is 6.21. The highest BCUT2D eigenvalue weighted by atomic mass is 35.5. The molecule has 0 aliphatic heterocycles. The van der Waals surface area contributed by atoms with Crippen molar-refractivity contribution in [3.8, 4) is 11.1 Å². The van der Waals surface area contributed by atoms with E-state index in [2.05, 4.69) is 18.2 Å². The fraction of sp³-hybridized carbons (Fsp3) is 0.143. The van der Waals surface area contributed by atoms with Gasteiger partial charge < -0.3 is 0 Å². The van der Waals surface area contributed by atoms with Crippen molar-refractivity contribution < 1.29 is 0 Å². The van der Waals surface area contributed by atoms with Crippen molar-refractivity contribution >= 4 is 23.2 Å². The Morgan fingerprint density at radius 3 is 2.19 bits per heavy atom. The van der Waals surface area contributed by atoms with Crippen molar-refractivity contribution in [3.63, 3.8) is 0 Å². The second kappa shape index (κ2) is 5.38. The maximum absolute atomic E-state index is 6.21. The molecule has 0 saturated heterocycles. The molecular formula is C14H12Cl2. The van der Waals surface area contributed by atoms with E-state index in [1.807, 2.05) is 36.4 Å². The number of benzene rings is 2. The van der Waals surface area contributed by atoms with Gasteiger partial charge in [0.1, 0.15) is 0 Å². The summed E-state index contributed by atoms with van der Waals surface area (Å²) in [5.41, 5.74) is 3.42. The SMILES string of the molecule is ClCC(Cl)c1ccccc1-c1ccccc1. The zero-order chi connectivity index (χ0) is 11.4. The van der Waals surface area contributed by atoms with Crippen LogP contribution in [0.2, 0.25) is 0 Å². The first-order valence-electron chi connectivity index (χ1n) is 5.17. The van der Waals surface area contributed by atoms with Gasteiger partial charge in [0.25, 0.3) is 0 Å². The van der Waals surface area contributed by atoms with Crippen molar-refractivity contribution in [2.45, 2.75) is 5.38 Å². The molecule has 0 spiro atoms. The maximum Gasteiger partial charge on any atom is 0.0726 e. The van der Waals surface area contributed by atoms with Crippen LogP contribution in [0, 0.1) is 0 Å². The molecule has 0 nitrogen and oxygen atoms in total. The number of alkyl halides is 2. The van der Waals surface area contributed by atoms with Crippen molar-refractivity contribution in [1.82, 2.24) is 0 Å². The van der Waals surface area contributed by atoms with Crippen molar-refractivity contribution in [1.29, 1.82) is 0 Å². The van der Waals surface area contributed by atoms with Gasteiger partial charge in [0.15, 0.2) is 0 Å². The third kappa shape index (κ3) is 2.40. The van der Waals surface area contributed by atoms with Crippen LogP contribution in [0.4, 0.5) is 0 Å². The standard InChI is InChI=1S/C14H12Cl2/c15-10-14(16)13-9-5-4-8-12(13)11-6-2-1-3-7-11/h1-9,14H,10H2. The van der Waals surface area contributed by atoms with Gasteiger partial charge in [0, 0.05) is 5.88 Å². The summed E-state index contributed by atoms with van der Waals surface area (Å²) >= 11 is 12.0. The number of rotatable bonds is 3. The fourth-order valence-electron chi connectivity index (χ4n) is 1.73. The molecular weight excluding hydrogens is 239 g/mol. The van der Waals surface area contributed by atoms with Crippen LogP contribution in [0.3, 0.4) is 0 Å². The normalized spacial score (nSPS) is 12.4. The summed E-state index contributed by atoms with van der Waals surface area (Å²) in [5.74, 6) is 0.422. The van der Waals surface area contributed by atoms with Gasteiger partial charge >= 0.3 is 0 Å². The van der Waals surface area contributed by atoms with Crippen LogP contribution in [0.1, 0.15) is 10.9 Å². The average Bonchev–Trinajstić information content (AvgIpc) is 2.39. The van der Waals surface area contributed by atoms with Crippen molar-refractivity contribution in [2.75, 3.05) is 5.88 Å². The molecule has 16 heavy (non-hydrogen) atoms. The van der Waals surface area contributed by atoms with E-state index >= 15 is 0 Å². The molecule has 2 heteroatoms. The van der Waals surface area contributed by atoms with E-state index in [0.29, 0.717) is 5.88 Å². The van der Waals surface area contributed by atoms with Crippen LogP contribution in [-0.2, 0) is 0 Å². The summed E-state index contributed by atoms with van der Waals surface area (Å²) in [6.07, 6.45) is 0. The molecule has 2 rings (SSSR count). The second-order valence-corrected chi connectivity index (χ2v) is 4.41. The topological polar surface area (TPSA) is 0 Å². The summed E-state index contributed by atoms with van der Waals surface area (Å²) in [4.78, 5) is 0. The van der Waals surface area contributed by atoms with E-state index in [4.69, 9.17) is 23.2 Å². The highest BCUT2D eigenvalue weighted by molar-refractivity contribution is 6.28. The summed E-state index contributed by atoms with van der Waals surface area (Å²) in [6.45, 7) is 0. The first-order valence-corrected chi connectivity index (χ1v) is 6.14. The summed E-state index contributed by atoms with van der Waals surface area (Å²) in [5, 5.41) is -0.141. The lowest BCUT2D eigenvalue weighted by atomic mass is 9.98. The first kappa shape index (κ1) is 11.5. The predicted molar refractivity (Wildman–Crippen MR) is 71.2 cm³/mol. The van der Waals surface area contributed by atoms with Gasteiger partial charge in [-0.25, -0.2) is 0 Å². The zero-order valence-electron chi connectivity index (χ0n) is 8.74. The minimum Gasteiger partial charge on any atom is -0.125 e. The van der Waals surface area contributed by atoms with Crippen molar-refractivity contribution in [2.24, 2.45) is 0 Å². The molecule has 0 heterocycles. The van der Waals surface area contributed by atoms with Crippen LogP contribution in [0.25, 0.3) is 11.1 Å². The molecule has 82 valence electrons. The van der Waals surface area contributed by atoms with Crippen LogP contribution in [-0.4, -0.2) is 5.88 Å². The lowest BCUT2D eigenvalue weighted by Gasteiger charge is -2.12. The summed E-state index contributed by atoms with van der Waals surface area (Å²) in [6, 6.07) is 18.3. The second-order valence-electron chi connectivity index (χ2n) is 3.58. The molecule has 0 N–H and O–H groups in total. The Hall–Kier alpha value is -0.980. The molecule has 0 aromatic heterocycles. The Morgan fingerprint density at radius 1 is 0.875 bits per heavy atom. The van der Waals surface area contributed by atoms with E-state index in [9.17, 15) is 0 Å². The highest BCUT2D eigenvalue weighted by Gasteiger charge is 2.11. The predicted octanol–water partition coefficient (Wildman–Crippen LogP) is 4.87. The molecule has 2 aromatic carbocycles. The smallest absolute Gasteiger partial charge is 0.0726 e. The van der Waals surface area contributed by atoms with Gasteiger partial charge in [-0.1, -0.05) is 54.6 Å².